The summed E-state index contributed by atoms with van der Waals surface area (Å²) in [6, 6.07) is 11.0. The van der Waals surface area contributed by atoms with Crippen LogP contribution in [0.2, 0.25) is 15.1 Å². The second-order valence-corrected chi connectivity index (χ2v) is 10.9. The van der Waals surface area contributed by atoms with Crippen LogP contribution in [0.3, 0.4) is 0 Å². The molecule has 2 atom stereocenters. The van der Waals surface area contributed by atoms with Gasteiger partial charge in [-0.1, -0.05) is 46.9 Å². The van der Waals surface area contributed by atoms with Crippen LogP contribution in [0.1, 0.15) is 33.0 Å². The van der Waals surface area contributed by atoms with Gasteiger partial charge in [-0.05, 0) is 54.4 Å². The molecule has 0 aliphatic heterocycles. The number of halogens is 7. The van der Waals surface area contributed by atoms with Gasteiger partial charge in [-0.2, -0.15) is 0 Å². The fourth-order valence-electron chi connectivity index (χ4n) is 3.99. The average molecular weight is 578 g/mol. The van der Waals surface area contributed by atoms with Gasteiger partial charge < -0.3 is 5.32 Å². The molecule has 0 heterocycles. The van der Waals surface area contributed by atoms with Crippen LogP contribution in [-0.4, -0.2) is 16.0 Å². The first-order valence-corrected chi connectivity index (χ1v) is 12.2. The van der Waals surface area contributed by atoms with Crippen LogP contribution in [0.25, 0.3) is 0 Å². The molecule has 0 radical (unpaired) electrons. The molecule has 1 aliphatic carbocycles. The second-order valence-electron chi connectivity index (χ2n) is 8.25. The van der Waals surface area contributed by atoms with Gasteiger partial charge in [0.1, 0.15) is 16.0 Å². The van der Waals surface area contributed by atoms with E-state index in [-0.39, 0.29) is 21.8 Å². The van der Waals surface area contributed by atoms with Gasteiger partial charge in [-0.3, -0.25) is 9.59 Å². The fraction of sp³-hybridized carbons (Fsp3) is 0.200. The monoisotopic (exact) mass is 575 g/mol. The molecule has 1 N–H and O–H groups in total. The van der Waals surface area contributed by atoms with Gasteiger partial charge in [0.2, 0.25) is 5.91 Å². The van der Waals surface area contributed by atoms with E-state index in [0.717, 1.165) is 17.7 Å². The van der Waals surface area contributed by atoms with E-state index in [0.29, 0.717) is 15.6 Å². The minimum absolute atomic E-state index is 0.00239. The van der Waals surface area contributed by atoms with E-state index >= 15 is 0 Å². The van der Waals surface area contributed by atoms with E-state index < -0.39 is 45.9 Å². The number of aryl methyl sites for hydroxylation is 1. The number of benzene rings is 3. The zero-order chi connectivity index (χ0) is 25.7. The molecule has 35 heavy (non-hydrogen) atoms. The molecule has 1 aliphatic rings. The first-order chi connectivity index (χ1) is 16.4. The molecule has 0 aromatic heterocycles. The minimum Gasteiger partial charge on any atom is -0.326 e. The minimum atomic E-state index is -1.37. The molecule has 0 spiro atoms. The van der Waals surface area contributed by atoms with Crippen molar-refractivity contribution >= 4 is 75.4 Å². The lowest BCUT2D eigenvalue weighted by molar-refractivity contribution is -0.117. The number of rotatable bonds is 6. The Hall–Kier alpha value is -1.89. The maximum Gasteiger partial charge on any atom is 0.231 e. The largest absolute Gasteiger partial charge is 0.326 e. The van der Waals surface area contributed by atoms with E-state index in [1.807, 2.05) is 0 Å². The standard InChI is InChI=1S/C25H16Cl5F2NO2/c1-11-7-12(8-17(27)23(11)28)21-22(25(21,29)30)24(35)33-13-5-6-16(26)14(9-13)20(34)10-15-18(31)3-2-4-19(15)32/h2-9,21-22H,10H2,1H3,(H,33,35). The third kappa shape index (κ3) is 5.16. The highest BCUT2D eigenvalue weighted by Gasteiger charge is 2.67. The Kier molecular flexibility index (Phi) is 7.38. The molecule has 0 saturated heterocycles. The number of anilines is 1. The zero-order valence-corrected chi connectivity index (χ0v) is 21.7. The van der Waals surface area contributed by atoms with Crippen molar-refractivity contribution in [2.24, 2.45) is 5.92 Å². The van der Waals surface area contributed by atoms with Crippen molar-refractivity contribution in [2.45, 2.75) is 23.6 Å². The van der Waals surface area contributed by atoms with Crippen molar-refractivity contribution in [3.63, 3.8) is 0 Å². The highest BCUT2D eigenvalue weighted by atomic mass is 35.5. The molecule has 182 valence electrons. The van der Waals surface area contributed by atoms with Crippen LogP contribution in [0.15, 0.2) is 48.5 Å². The lowest BCUT2D eigenvalue weighted by Gasteiger charge is -2.10. The van der Waals surface area contributed by atoms with Crippen LogP contribution in [0.5, 0.6) is 0 Å². The number of alkyl halides is 2. The van der Waals surface area contributed by atoms with Crippen LogP contribution >= 0.6 is 58.0 Å². The van der Waals surface area contributed by atoms with E-state index in [4.69, 9.17) is 58.0 Å². The predicted molar refractivity (Wildman–Crippen MR) is 136 cm³/mol. The summed E-state index contributed by atoms with van der Waals surface area (Å²) in [7, 11) is 0. The Balaban J connectivity index is 1.54. The molecule has 1 fully saturated rings. The summed E-state index contributed by atoms with van der Waals surface area (Å²) in [5.74, 6) is -4.10. The highest BCUT2D eigenvalue weighted by Crippen LogP contribution is 2.65. The van der Waals surface area contributed by atoms with Gasteiger partial charge in [-0.15, -0.1) is 23.2 Å². The number of carbonyl (C=O) groups excluding carboxylic acids is 2. The molecule has 3 aromatic rings. The Labute approximate surface area is 225 Å². The normalized spacial score (nSPS) is 18.3. The third-order valence-corrected chi connectivity index (χ3v) is 8.03. The molecule has 4 rings (SSSR count). The third-order valence-electron chi connectivity index (χ3n) is 5.86. The number of hydrogen-bond acceptors (Lipinski definition) is 2. The summed E-state index contributed by atoms with van der Waals surface area (Å²) >= 11 is 31.3. The van der Waals surface area contributed by atoms with Gasteiger partial charge >= 0.3 is 0 Å². The Morgan fingerprint density at radius 2 is 1.63 bits per heavy atom. The zero-order valence-electron chi connectivity index (χ0n) is 17.9. The lowest BCUT2D eigenvalue weighted by atomic mass is 10.0. The predicted octanol–water partition coefficient (Wildman–Crippen LogP) is 8.18. The van der Waals surface area contributed by atoms with Gasteiger partial charge in [0.05, 0.1) is 21.0 Å². The number of amides is 1. The second kappa shape index (κ2) is 9.87. The van der Waals surface area contributed by atoms with Crippen LogP contribution < -0.4 is 5.32 Å². The molecule has 10 heteroatoms. The summed E-state index contributed by atoms with van der Waals surface area (Å²) in [4.78, 5) is 25.8. The highest BCUT2D eigenvalue weighted by molar-refractivity contribution is 6.53. The van der Waals surface area contributed by atoms with Crippen molar-refractivity contribution in [1.29, 1.82) is 0 Å². The number of ketones is 1. The van der Waals surface area contributed by atoms with E-state index in [2.05, 4.69) is 5.32 Å². The van der Waals surface area contributed by atoms with Crippen LogP contribution in [0, 0.1) is 24.5 Å². The van der Waals surface area contributed by atoms with Crippen molar-refractivity contribution < 1.29 is 18.4 Å². The number of carbonyl (C=O) groups is 2. The smallest absolute Gasteiger partial charge is 0.231 e. The van der Waals surface area contributed by atoms with Gasteiger partial charge in [-0.25, -0.2) is 8.78 Å². The number of nitrogens with one attached hydrogen (secondary N) is 1. The van der Waals surface area contributed by atoms with Crippen molar-refractivity contribution in [1.82, 2.24) is 0 Å². The molecule has 3 nitrogen and oxygen atoms in total. The summed E-state index contributed by atoms with van der Waals surface area (Å²) in [5, 5.41) is 3.48. The average Bonchev–Trinajstić information content (AvgIpc) is 3.37. The number of Topliss-reactive ketones (excluding diaryl/α,β-unsaturated/α-hetero) is 1. The summed E-state index contributed by atoms with van der Waals surface area (Å²) in [6.07, 6.45) is -0.538. The van der Waals surface area contributed by atoms with Crippen LogP contribution in [-0.2, 0) is 11.2 Å². The van der Waals surface area contributed by atoms with Gasteiger partial charge in [0.25, 0.3) is 0 Å². The van der Waals surface area contributed by atoms with E-state index in [9.17, 15) is 18.4 Å². The summed E-state index contributed by atoms with van der Waals surface area (Å²) < 4.78 is 26.6. The van der Waals surface area contributed by atoms with Gasteiger partial charge in [0.15, 0.2) is 5.78 Å². The molecule has 0 bridgehead atoms. The first-order valence-electron chi connectivity index (χ1n) is 10.3. The van der Waals surface area contributed by atoms with Gasteiger partial charge in [0, 0.05) is 29.2 Å². The molecule has 2 unspecified atom stereocenters. The molecular weight excluding hydrogens is 562 g/mol. The molecule has 3 aromatic carbocycles. The Bertz CT molecular complexity index is 1320. The number of hydrogen-bond donors (Lipinski definition) is 1. The van der Waals surface area contributed by atoms with E-state index in [1.54, 1.807) is 19.1 Å². The molecular formula is C25H16Cl5F2NO2. The fourth-order valence-corrected chi connectivity index (χ4v) is 5.43. The Morgan fingerprint density at radius 3 is 2.26 bits per heavy atom. The summed E-state index contributed by atoms with van der Waals surface area (Å²) in [6.45, 7) is 1.78. The first kappa shape index (κ1) is 26.2. The quantitative estimate of drug-likeness (QED) is 0.237. The molecule has 1 saturated carbocycles. The Morgan fingerprint density at radius 1 is 0.971 bits per heavy atom. The van der Waals surface area contributed by atoms with Crippen molar-refractivity contribution in [3.05, 3.63) is 97.5 Å². The molecule has 1 amide bonds. The lowest BCUT2D eigenvalue weighted by Crippen LogP contribution is -2.17. The van der Waals surface area contributed by atoms with Crippen LogP contribution in [0.4, 0.5) is 14.5 Å². The topological polar surface area (TPSA) is 46.2 Å². The SMILES string of the molecule is Cc1cc(C2C(C(=O)Nc3ccc(Cl)c(C(=O)Cc4c(F)cccc4F)c3)C2(Cl)Cl)cc(Cl)c1Cl. The maximum atomic E-state index is 14.0. The summed E-state index contributed by atoms with van der Waals surface area (Å²) in [5.41, 5.74) is 1.27. The van der Waals surface area contributed by atoms with E-state index in [1.165, 1.54) is 24.3 Å². The maximum absolute atomic E-state index is 14.0. The van der Waals surface area contributed by atoms with Crippen molar-refractivity contribution in [2.75, 3.05) is 5.32 Å². The van der Waals surface area contributed by atoms with Crippen molar-refractivity contribution in [3.8, 4) is 0 Å².